The lowest BCUT2D eigenvalue weighted by molar-refractivity contribution is -0.149. The summed E-state index contributed by atoms with van der Waals surface area (Å²) in [7, 11) is 0. The molecule has 0 heterocycles. The third-order valence-electron chi connectivity index (χ3n) is 4.13. The Hall–Kier alpha value is -3.60. The third-order valence-corrected chi connectivity index (χ3v) is 4.13. The Balaban J connectivity index is 1.82. The minimum absolute atomic E-state index is 0.146. The third kappa shape index (κ3) is 5.45. The number of esters is 1. The molecule has 0 fully saturated rings. The first-order valence-corrected chi connectivity index (χ1v) is 9.37. The molecular weight excluding hydrogens is 368 g/mol. The van der Waals surface area contributed by atoms with Gasteiger partial charge in [-0.3, -0.25) is 4.79 Å². The Morgan fingerprint density at radius 1 is 0.793 bits per heavy atom. The second-order valence-corrected chi connectivity index (χ2v) is 6.20. The number of rotatable bonds is 9. The van der Waals surface area contributed by atoms with Crippen molar-refractivity contribution in [2.45, 2.75) is 19.6 Å². The van der Waals surface area contributed by atoms with Gasteiger partial charge in [-0.1, -0.05) is 72.8 Å². The van der Waals surface area contributed by atoms with Gasteiger partial charge in [0.15, 0.2) is 11.5 Å². The van der Waals surface area contributed by atoms with Crippen molar-refractivity contribution in [2.75, 3.05) is 6.61 Å². The van der Waals surface area contributed by atoms with Crippen LogP contribution in [0.3, 0.4) is 0 Å². The Bertz CT molecular complexity index is 938. The van der Waals surface area contributed by atoms with Crippen molar-refractivity contribution < 1.29 is 23.8 Å². The van der Waals surface area contributed by atoms with Crippen LogP contribution in [0.1, 0.15) is 22.8 Å². The smallest absolute Gasteiger partial charge is 0.355 e. The van der Waals surface area contributed by atoms with Crippen molar-refractivity contribution in [1.82, 2.24) is 0 Å². The standard InChI is InChI=1S/C24H22O5/c1-2-27-24(26)23(22(25)19-13-7-4-8-14-19)29-21-16-10-9-15-20(21)28-17-18-11-5-3-6-12-18/h3-16,23H,2,17H2,1H3. The van der Waals surface area contributed by atoms with Crippen LogP contribution in [0.4, 0.5) is 0 Å². The van der Waals surface area contributed by atoms with E-state index in [4.69, 9.17) is 14.2 Å². The first kappa shape index (κ1) is 20.1. The van der Waals surface area contributed by atoms with E-state index in [0.29, 0.717) is 23.7 Å². The van der Waals surface area contributed by atoms with Crippen LogP contribution in [0, 0.1) is 0 Å². The number of ketones is 1. The summed E-state index contributed by atoms with van der Waals surface area (Å²) in [6.45, 7) is 2.16. The highest BCUT2D eigenvalue weighted by molar-refractivity contribution is 6.11. The Labute approximate surface area is 169 Å². The molecule has 0 saturated carbocycles. The fourth-order valence-electron chi connectivity index (χ4n) is 2.71. The van der Waals surface area contributed by atoms with Crippen LogP contribution in [-0.4, -0.2) is 24.5 Å². The molecule has 0 radical (unpaired) electrons. The second-order valence-electron chi connectivity index (χ2n) is 6.20. The van der Waals surface area contributed by atoms with Crippen LogP contribution >= 0.6 is 0 Å². The Morgan fingerprint density at radius 3 is 2.03 bits per heavy atom. The fraction of sp³-hybridized carbons (Fsp3) is 0.167. The Kier molecular flexibility index (Phi) is 7.00. The minimum atomic E-state index is -1.42. The van der Waals surface area contributed by atoms with Gasteiger partial charge in [0.25, 0.3) is 6.10 Å². The lowest BCUT2D eigenvalue weighted by Gasteiger charge is -2.19. The maximum atomic E-state index is 12.9. The van der Waals surface area contributed by atoms with Gasteiger partial charge < -0.3 is 14.2 Å². The summed E-state index contributed by atoms with van der Waals surface area (Å²) in [5, 5.41) is 0. The summed E-state index contributed by atoms with van der Waals surface area (Å²) in [6.07, 6.45) is -1.42. The average Bonchev–Trinajstić information content (AvgIpc) is 2.77. The molecule has 0 saturated heterocycles. The summed E-state index contributed by atoms with van der Waals surface area (Å²) in [5.74, 6) is -0.474. The van der Waals surface area contributed by atoms with Gasteiger partial charge in [0.1, 0.15) is 6.61 Å². The van der Waals surface area contributed by atoms with E-state index >= 15 is 0 Å². The zero-order valence-electron chi connectivity index (χ0n) is 16.1. The van der Waals surface area contributed by atoms with Gasteiger partial charge in [-0.15, -0.1) is 0 Å². The number of benzene rings is 3. The lowest BCUT2D eigenvalue weighted by Crippen LogP contribution is -2.37. The predicted octanol–water partition coefficient (Wildman–Crippen LogP) is 4.46. The van der Waals surface area contributed by atoms with Crippen LogP contribution in [0.5, 0.6) is 11.5 Å². The average molecular weight is 390 g/mol. The molecule has 29 heavy (non-hydrogen) atoms. The molecule has 3 aromatic rings. The number of carbonyl (C=O) groups excluding carboxylic acids is 2. The number of hydrogen-bond donors (Lipinski definition) is 0. The summed E-state index contributed by atoms with van der Waals surface area (Å²) in [5.41, 5.74) is 1.36. The van der Waals surface area contributed by atoms with Crippen LogP contribution in [0.2, 0.25) is 0 Å². The lowest BCUT2D eigenvalue weighted by atomic mass is 10.1. The largest absolute Gasteiger partial charge is 0.485 e. The molecule has 0 bridgehead atoms. The van der Waals surface area contributed by atoms with Gasteiger partial charge >= 0.3 is 5.97 Å². The van der Waals surface area contributed by atoms with Gasteiger partial charge in [0, 0.05) is 5.56 Å². The molecule has 0 aliphatic carbocycles. The van der Waals surface area contributed by atoms with E-state index in [1.54, 1.807) is 61.5 Å². The van der Waals surface area contributed by atoms with Crippen LogP contribution in [0.25, 0.3) is 0 Å². The van der Waals surface area contributed by atoms with Crippen LogP contribution in [-0.2, 0) is 16.1 Å². The van der Waals surface area contributed by atoms with Crippen molar-refractivity contribution in [3.8, 4) is 11.5 Å². The van der Waals surface area contributed by atoms with Gasteiger partial charge in [-0.2, -0.15) is 0 Å². The molecule has 0 aliphatic rings. The maximum Gasteiger partial charge on any atom is 0.355 e. The van der Waals surface area contributed by atoms with Gasteiger partial charge in [-0.05, 0) is 24.6 Å². The van der Waals surface area contributed by atoms with Crippen LogP contribution in [0.15, 0.2) is 84.9 Å². The number of ether oxygens (including phenoxy) is 3. The SMILES string of the molecule is CCOC(=O)C(Oc1ccccc1OCc1ccccc1)C(=O)c1ccccc1. The maximum absolute atomic E-state index is 12.9. The van der Waals surface area contributed by atoms with E-state index < -0.39 is 17.9 Å². The van der Waals surface area contributed by atoms with Crippen LogP contribution < -0.4 is 9.47 Å². The summed E-state index contributed by atoms with van der Waals surface area (Å²) >= 11 is 0. The molecule has 0 N–H and O–H groups in total. The highest BCUT2D eigenvalue weighted by Crippen LogP contribution is 2.29. The predicted molar refractivity (Wildman–Crippen MR) is 109 cm³/mol. The van der Waals surface area contributed by atoms with E-state index in [1.165, 1.54) is 0 Å². The summed E-state index contributed by atoms with van der Waals surface area (Å²) in [4.78, 5) is 25.3. The molecule has 3 aromatic carbocycles. The number of Topliss-reactive ketones (excluding diaryl/α,β-unsaturated/α-hetero) is 1. The monoisotopic (exact) mass is 390 g/mol. The fourth-order valence-corrected chi connectivity index (χ4v) is 2.71. The summed E-state index contributed by atoms with van der Waals surface area (Å²) < 4.78 is 16.7. The summed E-state index contributed by atoms with van der Waals surface area (Å²) in [6, 6.07) is 25.1. The van der Waals surface area contributed by atoms with Crippen molar-refractivity contribution >= 4 is 11.8 Å². The quantitative estimate of drug-likeness (QED) is 0.307. The molecule has 5 heteroatoms. The van der Waals surface area contributed by atoms with E-state index in [1.807, 2.05) is 30.3 Å². The normalized spacial score (nSPS) is 11.3. The zero-order valence-corrected chi connectivity index (χ0v) is 16.1. The number of carbonyl (C=O) groups is 2. The first-order chi connectivity index (χ1) is 14.2. The molecular formula is C24H22O5. The van der Waals surface area contributed by atoms with E-state index in [0.717, 1.165) is 5.56 Å². The molecule has 0 aromatic heterocycles. The van der Waals surface area contributed by atoms with Crippen molar-refractivity contribution in [3.63, 3.8) is 0 Å². The molecule has 0 amide bonds. The first-order valence-electron chi connectivity index (χ1n) is 9.37. The highest BCUT2D eigenvalue weighted by Gasteiger charge is 2.32. The molecule has 1 unspecified atom stereocenters. The van der Waals surface area contributed by atoms with Gasteiger partial charge in [0.05, 0.1) is 6.61 Å². The molecule has 5 nitrogen and oxygen atoms in total. The van der Waals surface area contributed by atoms with Crippen molar-refractivity contribution in [3.05, 3.63) is 96.1 Å². The van der Waals surface area contributed by atoms with Crippen molar-refractivity contribution in [1.29, 1.82) is 0 Å². The topological polar surface area (TPSA) is 61.8 Å². The molecule has 1 atom stereocenters. The zero-order chi connectivity index (χ0) is 20.5. The molecule has 148 valence electrons. The van der Waals surface area contributed by atoms with Gasteiger partial charge in [-0.25, -0.2) is 4.79 Å². The van der Waals surface area contributed by atoms with E-state index in [2.05, 4.69) is 0 Å². The number of para-hydroxylation sites is 2. The molecule has 3 rings (SSSR count). The van der Waals surface area contributed by atoms with E-state index in [-0.39, 0.29) is 6.61 Å². The second kappa shape index (κ2) is 10.1. The van der Waals surface area contributed by atoms with E-state index in [9.17, 15) is 9.59 Å². The van der Waals surface area contributed by atoms with Gasteiger partial charge in [0.2, 0.25) is 5.78 Å². The highest BCUT2D eigenvalue weighted by atomic mass is 16.6. The number of hydrogen-bond acceptors (Lipinski definition) is 5. The minimum Gasteiger partial charge on any atom is -0.485 e. The molecule has 0 aliphatic heterocycles. The van der Waals surface area contributed by atoms with Crippen molar-refractivity contribution in [2.24, 2.45) is 0 Å². The Morgan fingerprint density at radius 2 is 1.38 bits per heavy atom. The molecule has 0 spiro atoms.